The maximum Gasteiger partial charge on any atom is 0.223 e. The first kappa shape index (κ1) is 12.4. The van der Waals surface area contributed by atoms with E-state index >= 15 is 0 Å². The predicted octanol–water partition coefficient (Wildman–Crippen LogP) is 1.24. The first-order valence-electron chi connectivity index (χ1n) is 5.07. The van der Waals surface area contributed by atoms with Crippen LogP contribution in [-0.2, 0) is 4.79 Å². The standard InChI is InChI=1S/C10H22N2O/c1-5-9(6-2)12(4)10(13)7-8-11-3/h9,11H,5-8H2,1-4H3. The molecule has 13 heavy (non-hydrogen) atoms. The predicted molar refractivity (Wildman–Crippen MR) is 55.7 cm³/mol. The maximum atomic E-state index is 11.5. The van der Waals surface area contributed by atoms with Crippen LogP contribution < -0.4 is 5.32 Å². The fourth-order valence-electron chi connectivity index (χ4n) is 1.45. The van der Waals surface area contributed by atoms with Gasteiger partial charge in [-0.3, -0.25) is 4.79 Å². The van der Waals surface area contributed by atoms with E-state index < -0.39 is 0 Å². The molecule has 0 aliphatic heterocycles. The van der Waals surface area contributed by atoms with Crippen LogP contribution in [0.3, 0.4) is 0 Å². The zero-order valence-corrected chi connectivity index (χ0v) is 9.26. The minimum atomic E-state index is 0.239. The molecule has 0 rings (SSSR count). The Morgan fingerprint density at radius 2 is 1.92 bits per heavy atom. The first-order chi connectivity index (χ1) is 6.17. The van der Waals surface area contributed by atoms with Crippen LogP contribution in [0, 0.1) is 0 Å². The minimum Gasteiger partial charge on any atom is -0.343 e. The second kappa shape index (κ2) is 6.89. The summed E-state index contributed by atoms with van der Waals surface area (Å²) in [5, 5.41) is 2.98. The molecule has 0 saturated heterocycles. The van der Waals surface area contributed by atoms with Gasteiger partial charge in [0.15, 0.2) is 0 Å². The third kappa shape index (κ3) is 4.27. The largest absolute Gasteiger partial charge is 0.343 e. The van der Waals surface area contributed by atoms with Crippen molar-refractivity contribution in [1.29, 1.82) is 0 Å². The highest BCUT2D eigenvalue weighted by molar-refractivity contribution is 5.76. The van der Waals surface area contributed by atoms with Gasteiger partial charge in [-0.05, 0) is 19.9 Å². The van der Waals surface area contributed by atoms with Crippen molar-refractivity contribution in [3.8, 4) is 0 Å². The average molecular weight is 186 g/mol. The van der Waals surface area contributed by atoms with Crippen LogP contribution in [-0.4, -0.2) is 37.5 Å². The molecule has 0 aromatic rings. The number of hydrogen-bond acceptors (Lipinski definition) is 2. The van der Waals surface area contributed by atoms with E-state index in [4.69, 9.17) is 0 Å². The molecule has 3 nitrogen and oxygen atoms in total. The molecule has 0 spiro atoms. The second-order valence-corrected chi connectivity index (χ2v) is 3.33. The number of amides is 1. The molecule has 78 valence electrons. The second-order valence-electron chi connectivity index (χ2n) is 3.33. The highest BCUT2D eigenvalue weighted by Crippen LogP contribution is 2.06. The smallest absolute Gasteiger partial charge is 0.223 e. The molecular formula is C10H22N2O. The summed E-state index contributed by atoms with van der Waals surface area (Å²) in [7, 11) is 3.76. The summed E-state index contributed by atoms with van der Waals surface area (Å²) in [6, 6.07) is 0.407. The Balaban J connectivity index is 3.91. The van der Waals surface area contributed by atoms with E-state index in [0.29, 0.717) is 12.5 Å². The number of rotatable bonds is 6. The lowest BCUT2D eigenvalue weighted by Crippen LogP contribution is -2.37. The van der Waals surface area contributed by atoms with E-state index in [0.717, 1.165) is 19.4 Å². The fraction of sp³-hybridized carbons (Fsp3) is 0.900. The van der Waals surface area contributed by atoms with Crippen molar-refractivity contribution >= 4 is 5.91 Å². The molecule has 1 amide bonds. The summed E-state index contributed by atoms with van der Waals surface area (Å²) >= 11 is 0. The SMILES string of the molecule is CCC(CC)N(C)C(=O)CCNC. The molecule has 3 heteroatoms. The van der Waals surface area contributed by atoms with E-state index in [9.17, 15) is 4.79 Å². The monoisotopic (exact) mass is 186 g/mol. The molecule has 0 saturated carbocycles. The number of carbonyl (C=O) groups is 1. The van der Waals surface area contributed by atoms with Crippen molar-refractivity contribution < 1.29 is 4.79 Å². The molecule has 0 aromatic heterocycles. The minimum absolute atomic E-state index is 0.239. The summed E-state index contributed by atoms with van der Waals surface area (Å²) in [4.78, 5) is 13.4. The summed E-state index contributed by atoms with van der Waals surface area (Å²) in [5.41, 5.74) is 0. The van der Waals surface area contributed by atoms with Gasteiger partial charge >= 0.3 is 0 Å². The van der Waals surface area contributed by atoms with Crippen LogP contribution in [0.1, 0.15) is 33.1 Å². The lowest BCUT2D eigenvalue weighted by Gasteiger charge is -2.26. The number of carbonyl (C=O) groups excluding carboxylic acids is 1. The summed E-state index contributed by atoms with van der Waals surface area (Å²) in [6.07, 6.45) is 2.68. The molecule has 0 aliphatic carbocycles. The van der Waals surface area contributed by atoms with Crippen molar-refractivity contribution in [2.75, 3.05) is 20.6 Å². The average Bonchev–Trinajstić information content (AvgIpc) is 2.15. The van der Waals surface area contributed by atoms with Gasteiger partial charge in [0.2, 0.25) is 5.91 Å². The molecule has 0 bridgehead atoms. The topological polar surface area (TPSA) is 32.3 Å². The Kier molecular flexibility index (Phi) is 6.59. The quantitative estimate of drug-likeness (QED) is 0.677. The molecular weight excluding hydrogens is 164 g/mol. The normalized spacial score (nSPS) is 10.5. The highest BCUT2D eigenvalue weighted by Gasteiger charge is 2.15. The highest BCUT2D eigenvalue weighted by atomic mass is 16.2. The molecule has 1 N–H and O–H groups in total. The molecule has 0 heterocycles. The Morgan fingerprint density at radius 1 is 1.38 bits per heavy atom. The van der Waals surface area contributed by atoms with Gasteiger partial charge in [0.1, 0.15) is 0 Å². The van der Waals surface area contributed by atoms with Gasteiger partial charge in [-0.1, -0.05) is 13.8 Å². The lowest BCUT2D eigenvalue weighted by atomic mass is 10.1. The molecule has 0 aromatic carbocycles. The first-order valence-corrected chi connectivity index (χ1v) is 5.07. The van der Waals surface area contributed by atoms with E-state index in [1.807, 2.05) is 19.0 Å². The van der Waals surface area contributed by atoms with Crippen molar-refractivity contribution in [3.05, 3.63) is 0 Å². The molecule has 0 fully saturated rings. The lowest BCUT2D eigenvalue weighted by molar-refractivity contribution is -0.132. The van der Waals surface area contributed by atoms with Crippen molar-refractivity contribution in [2.24, 2.45) is 0 Å². The molecule has 0 unspecified atom stereocenters. The van der Waals surface area contributed by atoms with Gasteiger partial charge in [-0.25, -0.2) is 0 Å². The number of nitrogens with one attached hydrogen (secondary N) is 1. The third-order valence-corrected chi connectivity index (χ3v) is 2.47. The van der Waals surface area contributed by atoms with Gasteiger partial charge in [-0.2, -0.15) is 0 Å². The number of hydrogen-bond donors (Lipinski definition) is 1. The molecule has 0 aliphatic rings. The summed E-state index contributed by atoms with van der Waals surface area (Å²) < 4.78 is 0. The Hall–Kier alpha value is -0.570. The van der Waals surface area contributed by atoms with Crippen molar-refractivity contribution in [1.82, 2.24) is 10.2 Å². The van der Waals surface area contributed by atoms with Crippen LogP contribution in [0.4, 0.5) is 0 Å². The van der Waals surface area contributed by atoms with E-state index in [-0.39, 0.29) is 5.91 Å². The molecule has 0 atom stereocenters. The van der Waals surface area contributed by atoms with Crippen LogP contribution in [0.5, 0.6) is 0 Å². The fourth-order valence-corrected chi connectivity index (χ4v) is 1.45. The van der Waals surface area contributed by atoms with Gasteiger partial charge in [0.25, 0.3) is 0 Å². The van der Waals surface area contributed by atoms with Crippen molar-refractivity contribution in [2.45, 2.75) is 39.2 Å². The van der Waals surface area contributed by atoms with Gasteiger partial charge < -0.3 is 10.2 Å². The summed E-state index contributed by atoms with van der Waals surface area (Å²) in [5.74, 6) is 0.239. The zero-order chi connectivity index (χ0) is 10.3. The van der Waals surface area contributed by atoms with Gasteiger partial charge in [0, 0.05) is 26.1 Å². The number of nitrogens with zero attached hydrogens (tertiary/aromatic N) is 1. The van der Waals surface area contributed by atoms with Crippen LogP contribution in [0.2, 0.25) is 0 Å². The van der Waals surface area contributed by atoms with Crippen LogP contribution in [0.25, 0.3) is 0 Å². The van der Waals surface area contributed by atoms with Crippen molar-refractivity contribution in [3.63, 3.8) is 0 Å². The maximum absolute atomic E-state index is 11.5. The zero-order valence-electron chi connectivity index (χ0n) is 9.26. The van der Waals surface area contributed by atoms with E-state index in [1.165, 1.54) is 0 Å². The van der Waals surface area contributed by atoms with Crippen LogP contribution >= 0.6 is 0 Å². The van der Waals surface area contributed by atoms with Gasteiger partial charge in [-0.15, -0.1) is 0 Å². The van der Waals surface area contributed by atoms with E-state index in [2.05, 4.69) is 19.2 Å². The van der Waals surface area contributed by atoms with Crippen LogP contribution in [0.15, 0.2) is 0 Å². The molecule has 0 radical (unpaired) electrons. The Labute approximate surface area is 81.5 Å². The Bertz CT molecular complexity index is 144. The Morgan fingerprint density at radius 3 is 2.31 bits per heavy atom. The summed E-state index contributed by atoms with van der Waals surface area (Å²) in [6.45, 7) is 5.01. The van der Waals surface area contributed by atoms with Gasteiger partial charge in [0.05, 0.1) is 0 Å². The third-order valence-electron chi connectivity index (χ3n) is 2.47. The van der Waals surface area contributed by atoms with E-state index in [1.54, 1.807) is 0 Å².